The molecule has 2 heterocycles. The van der Waals surface area contributed by atoms with Gasteiger partial charge in [0, 0.05) is 47.9 Å². The monoisotopic (exact) mass is 833 g/mol. The van der Waals surface area contributed by atoms with E-state index in [1.807, 2.05) is 17.4 Å². The fourth-order valence-corrected chi connectivity index (χ4v) is 11.7. The molecule has 0 aliphatic heterocycles. The van der Waals surface area contributed by atoms with Crippen LogP contribution in [0.4, 0.5) is 17.1 Å². The number of para-hydroxylation sites is 1. The molecule has 3 heteroatoms. The lowest BCUT2D eigenvalue weighted by Gasteiger charge is -2.34. The Hall–Kier alpha value is -7.98. The van der Waals surface area contributed by atoms with Gasteiger partial charge in [-0.15, -0.1) is 11.3 Å². The Balaban J connectivity index is 1.01. The Morgan fingerprint density at radius 1 is 0.375 bits per heavy atom. The summed E-state index contributed by atoms with van der Waals surface area (Å²) in [5.41, 5.74) is 16.8. The zero-order valence-electron chi connectivity index (χ0n) is 34.8. The first-order valence-corrected chi connectivity index (χ1v) is 22.7. The lowest BCUT2D eigenvalue weighted by atomic mass is 9.68. The van der Waals surface area contributed by atoms with Crippen LogP contribution in [-0.4, -0.2) is 0 Å². The van der Waals surface area contributed by atoms with Gasteiger partial charge in [-0.25, -0.2) is 0 Å². The number of furan rings is 1. The summed E-state index contributed by atoms with van der Waals surface area (Å²) in [6.45, 7) is 0. The summed E-state index contributed by atoms with van der Waals surface area (Å²) in [6.07, 6.45) is 0. The van der Waals surface area contributed by atoms with E-state index < -0.39 is 5.41 Å². The Morgan fingerprint density at radius 3 is 1.70 bits per heavy atom. The first kappa shape index (κ1) is 36.7. The van der Waals surface area contributed by atoms with Gasteiger partial charge < -0.3 is 9.32 Å². The zero-order chi connectivity index (χ0) is 42.2. The summed E-state index contributed by atoms with van der Waals surface area (Å²) < 4.78 is 8.94. The minimum atomic E-state index is -0.513. The first-order chi connectivity index (χ1) is 31.7. The van der Waals surface area contributed by atoms with Crippen molar-refractivity contribution in [2.24, 2.45) is 0 Å². The van der Waals surface area contributed by atoms with E-state index in [4.69, 9.17) is 4.42 Å². The zero-order valence-corrected chi connectivity index (χ0v) is 35.6. The maximum absolute atomic E-state index is 6.31. The van der Waals surface area contributed by atoms with Gasteiger partial charge >= 0.3 is 0 Å². The SMILES string of the molecule is c1ccc(C2(c3ccccc3)c3ccccc3-c3c(N(c4ccc(-c5ccc6c(c5)sc5ccccc56)cc4)c4ccc(-c5cccc6oc7ccccc7c56)cc4)cccc32)cc1. The number of benzene rings is 10. The number of thiophene rings is 1. The van der Waals surface area contributed by atoms with Crippen molar-refractivity contribution in [3.8, 4) is 33.4 Å². The number of fused-ring (bicyclic) bond motifs is 9. The summed E-state index contributed by atoms with van der Waals surface area (Å²) in [5, 5.41) is 4.90. The third-order valence-corrected chi connectivity index (χ3v) is 14.5. The van der Waals surface area contributed by atoms with Crippen molar-refractivity contribution in [2.75, 3.05) is 4.90 Å². The van der Waals surface area contributed by atoms with E-state index in [-0.39, 0.29) is 0 Å². The molecular formula is C61H39NOS. The lowest BCUT2D eigenvalue weighted by Crippen LogP contribution is -2.28. The van der Waals surface area contributed by atoms with Crippen molar-refractivity contribution in [1.82, 2.24) is 0 Å². The van der Waals surface area contributed by atoms with Gasteiger partial charge in [0.25, 0.3) is 0 Å². The largest absolute Gasteiger partial charge is 0.456 e. The van der Waals surface area contributed by atoms with Crippen LogP contribution in [0.2, 0.25) is 0 Å². The molecule has 0 radical (unpaired) electrons. The number of hydrogen-bond donors (Lipinski definition) is 0. The molecule has 13 rings (SSSR count). The average Bonchev–Trinajstić information content (AvgIpc) is 4.04. The van der Waals surface area contributed by atoms with Gasteiger partial charge in [-0.3, -0.25) is 0 Å². The molecular weight excluding hydrogens is 795 g/mol. The molecule has 2 aromatic heterocycles. The van der Waals surface area contributed by atoms with Crippen LogP contribution < -0.4 is 4.90 Å². The van der Waals surface area contributed by atoms with Crippen LogP contribution in [0.3, 0.4) is 0 Å². The molecule has 12 aromatic rings. The second-order valence-electron chi connectivity index (χ2n) is 16.7. The molecule has 1 aliphatic rings. The van der Waals surface area contributed by atoms with E-state index in [0.717, 1.165) is 50.1 Å². The third kappa shape index (κ3) is 5.51. The van der Waals surface area contributed by atoms with E-state index in [2.05, 4.69) is 235 Å². The molecule has 0 N–H and O–H groups in total. The molecule has 0 fully saturated rings. The Labute approximate surface area is 375 Å². The van der Waals surface area contributed by atoms with E-state index in [9.17, 15) is 0 Å². The number of hydrogen-bond acceptors (Lipinski definition) is 3. The predicted molar refractivity (Wildman–Crippen MR) is 269 cm³/mol. The van der Waals surface area contributed by atoms with Crippen LogP contribution in [0.5, 0.6) is 0 Å². The molecule has 0 bridgehead atoms. The van der Waals surface area contributed by atoms with E-state index in [1.54, 1.807) is 0 Å². The normalized spacial score (nSPS) is 12.8. The highest BCUT2D eigenvalue weighted by Crippen LogP contribution is 2.59. The molecule has 300 valence electrons. The molecule has 10 aromatic carbocycles. The minimum Gasteiger partial charge on any atom is -0.456 e. The van der Waals surface area contributed by atoms with E-state index in [0.29, 0.717) is 0 Å². The first-order valence-electron chi connectivity index (χ1n) is 21.9. The smallest absolute Gasteiger partial charge is 0.136 e. The number of nitrogens with zero attached hydrogens (tertiary/aromatic N) is 1. The average molecular weight is 834 g/mol. The van der Waals surface area contributed by atoms with Crippen molar-refractivity contribution in [3.05, 3.63) is 259 Å². The second-order valence-corrected chi connectivity index (χ2v) is 17.8. The molecule has 0 saturated heterocycles. The highest BCUT2D eigenvalue weighted by Gasteiger charge is 2.47. The van der Waals surface area contributed by atoms with Crippen molar-refractivity contribution >= 4 is 70.5 Å². The molecule has 0 unspecified atom stereocenters. The van der Waals surface area contributed by atoms with Gasteiger partial charge in [-0.05, 0) is 105 Å². The maximum Gasteiger partial charge on any atom is 0.136 e. The van der Waals surface area contributed by atoms with Crippen LogP contribution >= 0.6 is 11.3 Å². The maximum atomic E-state index is 6.31. The van der Waals surface area contributed by atoms with E-state index >= 15 is 0 Å². The fourth-order valence-electron chi connectivity index (χ4n) is 10.6. The second kappa shape index (κ2) is 14.6. The Morgan fingerprint density at radius 2 is 0.938 bits per heavy atom. The van der Waals surface area contributed by atoms with Crippen LogP contribution in [0, 0.1) is 0 Å². The molecule has 0 amide bonds. The number of rotatable bonds is 7. The summed E-state index contributed by atoms with van der Waals surface area (Å²) in [5.74, 6) is 0. The molecule has 1 aliphatic carbocycles. The standard InChI is InChI=1S/C61H39NOS/c1-3-15-43(16-4-1)61(44-17-5-2-6-18-44)52-23-10-7-20-50(52)60-53(61)24-14-25-54(60)62(45-34-29-40(30-35-45)42-33-38-49-48-19-9-12-28-57(48)64-58(49)39-42)46-36-31-41(32-37-46)47-22-13-27-56-59(47)51-21-8-11-26-55(51)63-56/h1-39H. The highest BCUT2D eigenvalue weighted by atomic mass is 32.1. The summed E-state index contributed by atoms with van der Waals surface area (Å²) in [4.78, 5) is 2.46. The van der Waals surface area contributed by atoms with Crippen LogP contribution in [-0.2, 0) is 5.41 Å². The third-order valence-electron chi connectivity index (χ3n) is 13.4. The summed E-state index contributed by atoms with van der Waals surface area (Å²) in [7, 11) is 0. The van der Waals surface area contributed by atoms with Crippen LogP contribution in [0.1, 0.15) is 22.3 Å². The van der Waals surface area contributed by atoms with Gasteiger partial charge in [-0.1, -0.05) is 182 Å². The van der Waals surface area contributed by atoms with Gasteiger partial charge in [-0.2, -0.15) is 0 Å². The predicted octanol–water partition coefficient (Wildman–Crippen LogP) is 17.1. The van der Waals surface area contributed by atoms with Crippen molar-refractivity contribution < 1.29 is 4.42 Å². The Kier molecular flexibility index (Phi) is 8.34. The fraction of sp³-hybridized carbons (Fsp3) is 0.0164. The summed E-state index contributed by atoms with van der Waals surface area (Å²) >= 11 is 1.86. The molecule has 2 nitrogen and oxygen atoms in total. The molecule has 0 saturated carbocycles. The van der Waals surface area contributed by atoms with Crippen LogP contribution in [0.15, 0.2) is 241 Å². The van der Waals surface area contributed by atoms with Crippen molar-refractivity contribution in [3.63, 3.8) is 0 Å². The van der Waals surface area contributed by atoms with Gasteiger partial charge in [0.15, 0.2) is 0 Å². The molecule has 0 spiro atoms. The van der Waals surface area contributed by atoms with Gasteiger partial charge in [0.2, 0.25) is 0 Å². The van der Waals surface area contributed by atoms with Crippen LogP contribution in [0.25, 0.3) is 75.5 Å². The highest BCUT2D eigenvalue weighted by molar-refractivity contribution is 7.25. The van der Waals surface area contributed by atoms with Gasteiger partial charge in [0.05, 0.1) is 11.1 Å². The van der Waals surface area contributed by atoms with Crippen molar-refractivity contribution in [2.45, 2.75) is 5.41 Å². The number of anilines is 3. The molecule has 0 atom stereocenters. The minimum absolute atomic E-state index is 0.513. The van der Waals surface area contributed by atoms with E-state index in [1.165, 1.54) is 64.7 Å². The lowest BCUT2D eigenvalue weighted by molar-refractivity contribution is 0.669. The summed E-state index contributed by atoms with van der Waals surface area (Å²) in [6, 6.07) is 86.6. The Bertz CT molecular complexity index is 3670. The quantitative estimate of drug-likeness (QED) is 0.159. The van der Waals surface area contributed by atoms with Crippen molar-refractivity contribution in [1.29, 1.82) is 0 Å². The topological polar surface area (TPSA) is 16.4 Å². The molecule has 64 heavy (non-hydrogen) atoms. The van der Waals surface area contributed by atoms with Gasteiger partial charge in [0.1, 0.15) is 11.2 Å².